The fraction of sp³-hybridized carbons (Fsp3) is 0.538. The molecule has 0 radical (unpaired) electrons. The molecule has 1 aromatic heterocycles. The van der Waals surface area contributed by atoms with Crippen LogP contribution in [-0.2, 0) is 4.74 Å². The van der Waals surface area contributed by atoms with E-state index in [0.29, 0.717) is 18.2 Å². The Morgan fingerprint density at radius 2 is 2.11 bits per heavy atom. The molecule has 0 saturated heterocycles. The van der Waals surface area contributed by atoms with E-state index < -0.39 is 5.97 Å². The first-order chi connectivity index (χ1) is 8.69. The number of carbonyl (C=O) groups is 1. The van der Waals surface area contributed by atoms with Gasteiger partial charge in [0.2, 0.25) is 5.88 Å². The SMILES string of the molecule is CCCCCCOc1nc(C(=O)OC)ccc1N. The van der Waals surface area contributed by atoms with E-state index in [1.165, 1.54) is 26.0 Å². The van der Waals surface area contributed by atoms with Crippen LogP contribution < -0.4 is 10.5 Å². The van der Waals surface area contributed by atoms with Crippen LogP contribution in [0.5, 0.6) is 5.88 Å². The number of nitrogen functional groups attached to an aromatic ring is 1. The number of esters is 1. The molecule has 0 aromatic carbocycles. The number of ether oxygens (including phenoxy) is 2. The highest BCUT2D eigenvalue weighted by atomic mass is 16.5. The van der Waals surface area contributed by atoms with Crippen LogP contribution in [0.4, 0.5) is 5.69 Å². The number of unbranched alkanes of at least 4 members (excludes halogenated alkanes) is 3. The second kappa shape index (κ2) is 7.53. The number of nitrogens with two attached hydrogens (primary N) is 1. The van der Waals surface area contributed by atoms with E-state index in [-0.39, 0.29) is 5.69 Å². The molecule has 0 aliphatic rings. The molecule has 0 saturated carbocycles. The third-order valence-corrected chi connectivity index (χ3v) is 2.52. The van der Waals surface area contributed by atoms with Crippen molar-refractivity contribution < 1.29 is 14.3 Å². The summed E-state index contributed by atoms with van der Waals surface area (Å²) in [5, 5.41) is 0. The normalized spacial score (nSPS) is 10.1. The van der Waals surface area contributed by atoms with Gasteiger partial charge in [0.1, 0.15) is 0 Å². The first-order valence-corrected chi connectivity index (χ1v) is 6.16. The Bertz CT molecular complexity index is 394. The monoisotopic (exact) mass is 252 g/mol. The fourth-order valence-corrected chi connectivity index (χ4v) is 1.48. The van der Waals surface area contributed by atoms with Crippen LogP contribution in [0.1, 0.15) is 43.1 Å². The zero-order valence-electron chi connectivity index (χ0n) is 10.9. The first kappa shape index (κ1) is 14.3. The second-order valence-corrected chi connectivity index (χ2v) is 3.99. The molecule has 0 aliphatic heterocycles. The van der Waals surface area contributed by atoms with Crippen molar-refractivity contribution in [1.82, 2.24) is 4.98 Å². The molecule has 1 rings (SSSR count). The Kier molecular flexibility index (Phi) is 5.97. The van der Waals surface area contributed by atoms with Crippen molar-refractivity contribution in [2.75, 3.05) is 19.5 Å². The molecule has 1 heterocycles. The molecule has 0 amide bonds. The van der Waals surface area contributed by atoms with Gasteiger partial charge in [0.25, 0.3) is 0 Å². The number of methoxy groups -OCH3 is 1. The molecule has 0 aliphatic carbocycles. The lowest BCUT2D eigenvalue weighted by molar-refractivity contribution is 0.0593. The van der Waals surface area contributed by atoms with E-state index in [1.807, 2.05) is 0 Å². The molecule has 5 nitrogen and oxygen atoms in total. The zero-order valence-corrected chi connectivity index (χ0v) is 10.9. The van der Waals surface area contributed by atoms with Crippen molar-refractivity contribution >= 4 is 11.7 Å². The van der Waals surface area contributed by atoms with Gasteiger partial charge in [0, 0.05) is 0 Å². The Balaban J connectivity index is 2.56. The van der Waals surface area contributed by atoms with Gasteiger partial charge in [-0.1, -0.05) is 26.2 Å². The predicted molar refractivity (Wildman–Crippen MR) is 69.6 cm³/mol. The summed E-state index contributed by atoms with van der Waals surface area (Å²) in [5.74, 6) is -0.194. The topological polar surface area (TPSA) is 74.4 Å². The van der Waals surface area contributed by atoms with Crippen LogP contribution in [0, 0.1) is 0 Å². The number of nitrogens with zero attached hydrogens (tertiary/aromatic N) is 1. The van der Waals surface area contributed by atoms with Gasteiger partial charge >= 0.3 is 5.97 Å². The van der Waals surface area contributed by atoms with Gasteiger partial charge in [-0.3, -0.25) is 0 Å². The van der Waals surface area contributed by atoms with Crippen LogP contribution >= 0.6 is 0 Å². The molecule has 0 spiro atoms. The number of aromatic nitrogens is 1. The summed E-state index contributed by atoms with van der Waals surface area (Å²) >= 11 is 0. The minimum Gasteiger partial charge on any atom is -0.476 e. The zero-order chi connectivity index (χ0) is 13.4. The summed E-state index contributed by atoms with van der Waals surface area (Å²) in [4.78, 5) is 15.4. The largest absolute Gasteiger partial charge is 0.476 e. The Morgan fingerprint density at radius 1 is 1.33 bits per heavy atom. The van der Waals surface area contributed by atoms with Gasteiger partial charge in [-0.15, -0.1) is 0 Å². The van der Waals surface area contributed by atoms with E-state index in [2.05, 4.69) is 16.6 Å². The molecule has 0 atom stereocenters. The molecule has 18 heavy (non-hydrogen) atoms. The standard InChI is InChI=1S/C13H20N2O3/c1-3-4-5-6-9-18-12-10(14)7-8-11(15-12)13(16)17-2/h7-8H,3-6,9,14H2,1-2H3. The molecular formula is C13H20N2O3. The lowest BCUT2D eigenvalue weighted by Gasteiger charge is -2.08. The van der Waals surface area contributed by atoms with Gasteiger partial charge in [0.15, 0.2) is 5.69 Å². The maximum Gasteiger partial charge on any atom is 0.356 e. The fourth-order valence-electron chi connectivity index (χ4n) is 1.48. The number of hydrogen-bond donors (Lipinski definition) is 1. The highest BCUT2D eigenvalue weighted by Crippen LogP contribution is 2.19. The second-order valence-electron chi connectivity index (χ2n) is 3.99. The highest BCUT2D eigenvalue weighted by molar-refractivity contribution is 5.87. The van der Waals surface area contributed by atoms with E-state index in [0.717, 1.165) is 12.8 Å². The molecule has 5 heteroatoms. The van der Waals surface area contributed by atoms with Crippen molar-refractivity contribution in [3.05, 3.63) is 17.8 Å². The van der Waals surface area contributed by atoms with Crippen molar-refractivity contribution in [1.29, 1.82) is 0 Å². The van der Waals surface area contributed by atoms with Gasteiger partial charge in [-0.25, -0.2) is 9.78 Å². The highest BCUT2D eigenvalue weighted by Gasteiger charge is 2.11. The number of carbonyl (C=O) groups excluding carboxylic acids is 1. The smallest absolute Gasteiger partial charge is 0.356 e. The van der Waals surface area contributed by atoms with Crippen molar-refractivity contribution in [3.8, 4) is 5.88 Å². The maximum atomic E-state index is 11.3. The summed E-state index contributed by atoms with van der Waals surface area (Å²) < 4.78 is 10.1. The quantitative estimate of drug-likeness (QED) is 0.595. The van der Waals surface area contributed by atoms with Gasteiger partial charge in [-0.05, 0) is 18.6 Å². The van der Waals surface area contributed by atoms with Crippen LogP contribution in [0.2, 0.25) is 0 Å². The van der Waals surface area contributed by atoms with Crippen LogP contribution in [-0.4, -0.2) is 24.7 Å². The first-order valence-electron chi connectivity index (χ1n) is 6.16. The molecule has 2 N–H and O–H groups in total. The third-order valence-electron chi connectivity index (χ3n) is 2.52. The molecule has 100 valence electrons. The molecule has 0 fully saturated rings. The van der Waals surface area contributed by atoms with Crippen molar-refractivity contribution in [2.24, 2.45) is 0 Å². The van der Waals surface area contributed by atoms with Crippen LogP contribution in [0.15, 0.2) is 12.1 Å². The van der Waals surface area contributed by atoms with E-state index in [1.54, 1.807) is 6.07 Å². The summed E-state index contributed by atoms with van der Waals surface area (Å²) in [7, 11) is 1.31. The van der Waals surface area contributed by atoms with Crippen molar-refractivity contribution in [2.45, 2.75) is 32.6 Å². The number of pyridine rings is 1. The minimum absolute atomic E-state index is 0.204. The lowest BCUT2D eigenvalue weighted by Crippen LogP contribution is -2.08. The third kappa shape index (κ3) is 4.24. The number of hydrogen-bond acceptors (Lipinski definition) is 5. The van der Waals surface area contributed by atoms with Crippen LogP contribution in [0.3, 0.4) is 0 Å². The minimum atomic E-state index is -0.495. The Hall–Kier alpha value is -1.78. The summed E-state index contributed by atoms with van der Waals surface area (Å²) in [6.45, 7) is 2.71. The van der Waals surface area contributed by atoms with E-state index in [4.69, 9.17) is 10.5 Å². The van der Waals surface area contributed by atoms with Gasteiger partial charge < -0.3 is 15.2 Å². The van der Waals surface area contributed by atoms with E-state index in [9.17, 15) is 4.79 Å². The molecular weight excluding hydrogens is 232 g/mol. The number of anilines is 1. The summed E-state index contributed by atoms with van der Waals surface area (Å²) in [5.41, 5.74) is 6.37. The average molecular weight is 252 g/mol. The number of rotatable bonds is 7. The molecule has 0 bridgehead atoms. The summed E-state index contributed by atoms with van der Waals surface area (Å²) in [6, 6.07) is 3.12. The summed E-state index contributed by atoms with van der Waals surface area (Å²) in [6.07, 6.45) is 4.44. The molecule has 1 aromatic rings. The molecule has 0 unspecified atom stereocenters. The van der Waals surface area contributed by atoms with Gasteiger partial charge in [-0.2, -0.15) is 0 Å². The predicted octanol–water partition coefficient (Wildman–Crippen LogP) is 2.41. The average Bonchev–Trinajstić information content (AvgIpc) is 2.39. The van der Waals surface area contributed by atoms with E-state index >= 15 is 0 Å². The van der Waals surface area contributed by atoms with Gasteiger partial charge in [0.05, 0.1) is 19.4 Å². The Labute approximate surface area is 107 Å². The van der Waals surface area contributed by atoms with Crippen LogP contribution in [0.25, 0.3) is 0 Å². The maximum absolute atomic E-state index is 11.3. The lowest BCUT2D eigenvalue weighted by atomic mass is 10.2. The Morgan fingerprint density at radius 3 is 2.78 bits per heavy atom. The van der Waals surface area contributed by atoms with Crippen molar-refractivity contribution in [3.63, 3.8) is 0 Å².